The van der Waals surface area contributed by atoms with Crippen molar-refractivity contribution in [1.82, 2.24) is 9.80 Å². The van der Waals surface area contributed by atoms with Gasteiger partial charge >= 0.3 is 0 Å². The third kappa shape index (κ3) is 3.10. The lowest BCUT2D eigenvalue weighted by Crippen LogP contribution is -2.46. The Morgan fingerprint density at radius 2 is 1.50 bits per heavy atom. The van der Waals surface area contributed by atoms with Crippen molar-refractivity contribution in [3.8, 4) is 0 Å². The van der Waals surface area contributed by atoms with Gasteiger partial charge < -0.3 is 5.32 Å². The highest BCUT2D eigenvalue weighted by molar-refractivity contribution is 5.67. The van der Waals surface area contributed by atoms with E-state index in [0.29, 0.717) is 5.69 Å². The number of nitrogens with zero attached hydrogens (tertiary/aromatic N) is 2. The molecule has 5 nitrogen and oxygen atoms in total. The zero-order valence-electron chi connectivity index (χ0n) is 10.2. The minimum absolute atomic E-state index is 0.0644. The second-order valence-corrected chi connectivity index (χ2v) is 4.10. The molecular formula is C11H20N4O. The summed E-state index contributed by atoms with van der Waals surface area (Å²) in [5, 5.41) is 12.3. The van der Waals surface area contributed by atoms with E-state index >= 15 is 0 Å². The molecule has 0 saturated heterocycles. The number of anilines is 2. The van der Waals surface area contributed by atoms with Crippen molar-refractivity contribution in [2.75, 3.05) is 39.0 Å². The van der Waals surface area contributed by atoms with Gasteiger partial charge in [-0.1, -0.05) is 12.1 Å². The Bertz CT molecular complexity index is 320. The van der Waals surface area contributed by atoms with Gasteiger partial charge in [0.15, 0.2) is 0 Å². The van der Waals surface area contributed by atoms with Crippen molar-refractivity contribution < 1.29 is 5.21 Å². The van der Waals surface area contributed by atoms with E-state index in [1.165, 1.54) is 0 Å². The summed E-state index contributed by atoms with van der Waals surface area (Å²) >= 11 is 0. The normalized spacial score (nSPS) is 11.2. The van der Waals surface area contributed by atoms with Crippen LogP contribution in [0.3, 0.4) is 0 Å². The lowest BCUT2D eigenvalue weighted by Gasteiger charge is -2.32. The molecule has 0 aliphatic rings. The second kappa shape index (κ2) is 5.69. The summed E-state index contributed by atoms with van der Waals surface area (Å²) in [7, 11) is 7.97. The molecule has 0 amide bonds. The number of nitrogens with one attached hydrogen (secondary N) is 2. The van der Waals surface area contributed by atoms with Gasteiger partial charge in [0.25, 0.3) is 0 Å². The first-order valence-corrected chi connectivity index (χ1v) is 5.14. The van der Waals surface area contributed by atoms with Crippen LogP contribution in [-0.4, -0.2) is 49.5 Å². The molecular weight excluding hydrogens is 204 g/mol. The summed E-state index contributed by atoms with van der Waals surface area (Å²) in [5.41, 5.74) is 3.70. The monoisotopic (exact) mass is 224 g/mol. The highest BCUT2D eigenvalue weighted by Crippen LogP contribution is 2.21. The number of hydrogen-bond acceptors (Lipinski definition) is 5. The maximum absolute atomic E-state index is 8.99. The maximum atomic E-state index is 8.99. The third-order valence-electron chi connectivity index (χ3n) is 2.31. The molecule has 0 fully saturated rings. The molecule has 0 aliphatic heterocycles. The zero-order chi connectivity index (χ0) is 12.1. The van der Waals surface area contributed by atoms with Gasteiger partial charge in [0, 0.05) is 0 Å². The molecule has 0 bridgehead atoms. The first kappa shape index (κ1) is 12.8. The Morgan fingerprint density at radius 3 is 1.94 bits per heavy atom. The Kier molecular flexibility index (Phi) is 4.54. The fourth-order valence-corrected chi connectivity index (χ4v) is 1.57. The fraction of sp³-hybridized carbons (Fsp3) is 0.455. The molecule has 1 aromatic rings. The quantitative estimate of drug-likeness (QED) is 0.520. The third-order valence-corrected chi connectivity index (χ3v) is 2.31. The van der Waals surface area contributed by atoms with Crippen LogP contribution in [0.15, 0.2) is 24.3 Å². The van der Waals surface area contributed by atoms with Gasteiger partial charge in [-0.3, -0.25) is 20.5 Å². The predicted molar refractivity (Wildman–Crippen MR) is 66.6 cm³/mol. The fourth-order valence-electron chi connectivity index (χ4n) is 1.57. The van der Waals surface area contributed by atoms with Gasteiger partial charge in [0.05, 0.1) is 11.4 Å². The maximum Gasteiger partial charge on any atom is 0.136 e. The van der Waals surface area contributed by atoms with E-state index in [0.717, 1.165) is 5.69 Å². The summed E-state index contributed by atoms with van der Waals surface area (Å²) in [5.74, 6) is 0. The predicted octanol–water partition coefficient (Wildman–Crippen LogP) is 1.31. The van der Waals surface area contributed by atoms with Crippen LogP contribution in [0.5, 0.6) is 0 Å². The second-order valence-electron chi connectivity index (χ2n) is 4.10. The summed E-state index contributed by atoms with van der Waals surface area (Å²) in [6.45, 7) is 0. The molecule has 90 valence electrons. The zero-order valence-corrected chi connectivity index (χ0v) is 10.2. The summed E-state index contributed by atoms with van der Waals surface area (Å²) in [6.07, 6.45) is 0.0644. The Hall–Kier alpha value is -1.30. The summed E-state index contributed by atoms with van der Waals surface area (Å²) in [6, 6.07) is 7.51. The molecule has 1 aromatic carbocycles. The topological polar surface area (TPSA) is 50.8 Å². The van der Waals surface area contributed by atoms with Crippen molar-refractivity contribution in [3.63, 3.8) is 0 Å². The largest absolute Gasteiger partial charge is 0.356 e. The van der Waals surface area contributed by atoms with Gasteiger partial charge in [-0.15, -0.1) is 0 Å². The smallest absolute Gasteiger partial charge is 0.136 e. The lowest BCUT2D eigenvalue weighted by atomic mass is 10.2. The van der Waals surface area contributed by atoms with Crippen LogP contribution < -0.4 is 10.8 Å². The van der Waals surface area contributed by atoms with E-state index in [2.05, 4.69) is 10.8 Å². The lowest BCUT2D eigenvalue weighted by molar-refractivity contribution is 0.155. The van der Waals surface area contributed by atoms with Crippen molar-refractivity contribution in [1.29, 1.82) is 0 Å². The number of rotatable bonds is 5. The SMILES string of the molecule is CN(C)C(Nc1ccccc1NO)N(C)C. The molecule has 3 N–H and O–H groups in total. The van der Waals surface area contributed by atoms with Gasteiger partial charge in [-0.2, -0.15) is 0 Å². The first-order valence-electron chi connectivity index (χ1n) is 5.14. The van der Waals surface area contributed by atoms with Crippen LogP contribution in [0.1, 0.15) is 0 Å². The van der Waals surface area contributed by atoms with Crippen LogP contribution in [0.25, 0.3) is 0 Å². The molecule has 0 heterocycles. The molecule has 0 saturated carbocycles. The van der Waals surface area contributed by atoms with Crippen LogP contribution in [-0.2, 0) is 0 Å². The van der Waals surface area contributed by atoms with Crippen molar-refractivity contribution >= 4 is 11.4 Å². The molecule has 0 atom stereocenters. The Labute approximate surface area is 96.6 Å². The van der Waals surface area contributed by atoms with Gasteiger partial charge in [-0.25, -0.2) is 0 Å². The van der Waals surface area contributed by atoms with Crippen LogP contribution in [0.4, 0.5) is 11.4 Å². The minimum atomic E-state index is 0.0644. The van der Waals surface area contributed by atoms with E-state index in [9.17, 15) is 0 Å². The Balaban J connectivity index is 2.85. The van der Waals surface area contributed by atoms with Crippen LogP contribution in [0, 0.1) is 0 Å². The number of benzene rings is 1. The minimum Gasteiger partial charge on any atom is -0.356 e. The molecule has 0 radical (unpaired) electrons. The van der Waals surface area contributed by atoms with Crippen LogP contribution >= 0.6 is 0 Å². The molecule has 0 aliphatic carbocycles. The first-order chi connectivity index (χ1) is 7.56. The van der Waals surface area contributed by atoms with E-state index in [1.807, 2.05) is 62.3 Å². The Morgan fingerprint density at radius 1 is 1.00 bits per heavy atom. The van der Waals surface area contributed by atoms with Crippen molar-refractivity contribution in [3.05, 3.63) is 24.3 Å². The van der Waals surface area contributed by atoms with E-state index in [4.69, 9.17) is 5.21 Å². The molecule has 0 unspecified atom stereocenters. The van der Waals surface area contributed by atoms with Gasteiger partial charge in [0.1, 0.15) is 6.29 Å². The van der Waals surface area contributed by atoms with Crippen molar-refractivity contribution in [2.45, 2.75) is 6.29 Å². The average Bonchev–Trinajstić information content (AvgIpc) is 2.25. The molecule has 0 spiro atoms. The van der Waals surface area contributed by atoms with Crippen LogP contribution in [0.2, 0.25) is 0 Å². The number of para-hydroxylation sites is 2. The summed E-state index contributed by atoms with van der Waals surface area (Å²) < 4.78 is 0. The number of hydrogen-bond donors (Lipinski definition) is 3. The van der Waals surface area contributed by atoms with Gasteiger partial charge in [-0.05, 0) is 40.3 Å². The average molecular weight is 224 g/mol. The summed E-state index contributed by atoms with van der Waals surface area (Å²) in [4.78, 5) is 4.10. The molecule has 5 heteroatoms. The molecule has 0 aromatic heterocycles. The van der Waals surface area contributed by atoms with Gasteiger partial charge in [0.2, 0.25) is 0 Å². The van der Waals surface area contributed by atoms with E-state index in [1.54, 1.807) is 0 Å². The van der Waals surface area contributed by atoms with Crippen molar-refractivity contribution in [2.24, 2.45) is 0 Å². The standard InChI is InChI=1S/C11H20N4O/c1-14(2)11(15(3)4)12-9-7-5-6-8-10(9)13-16/h5-8,11-13,16H,1-4H3. The van der Waals surface area contributed by atoms with E-state index < -0.39 is 0 Å². The molecule has 1 rings (SSSR count). The highest BCUT2D eigenvalue weighted by atomic mass is 16.5. The molecule has 16 heavy (non-hydrogen) atoms. The van der Waals surface area contributed by atoms with E-state index in [-0.39, 0.29) is 6.29 Å². The highest BCUT2D eigenvalue weighted by Gasteiger charge is 2.14.